The summed E-state index contributed by atoms with van der Waals surface area (Å²) in [7, 11) is 1.30. The second kappa shape index (κ2) is 5.01. The summed E-state index contributed by atoms with van der Waals surface area (Å²) in [5.41, 5.74) is 1.54. The van der Waals surface area contributed by atoms with Crippen molar-refractivity contribution in [2.45, 2.75) is 13.0 Å². The van der Waals surface area contributed by atoms with Crippen molar-refractivity contribution in [2.24, 2.45) is 0 Å². The summed E-state index contributed by atoms with van der Waals surface area (Å²) in [5.74, 6) is 0.726. The minimum Gasteiger partial charge on any atom is -0.466 e. The van der Waals surface area contributed by atoms with Crippen molar-refractivity contribution in [1.82, 2.24) is 10.6 Å². The molecule has 1 aromatic carbocycles. The Balaban J connectivity index is 2.04. The van der Waals surface area contributed by atoms with Crippen molar-refractivity contribution in [3.8, 4) is 11.5 Å². The summed E-state index contributed by atoms with van der Waals surface area (Å²) in [6.45, 7) is 1.82. The van der Waals surface area contributed by atoms with Crippen molar-refractivity contribution >= 4 is 12.0 Å². The molecule has 3 rings (SSSR count). The third kappa shape index (κ3) is 2.26. The predicted octanol–water partition coefficient (Wildman–Crippen LogP) is 1.22. The van der Waals surface area contributed by atoms with Crippen molar-refractivity contribution in [2.75, 3.05) is 13.9 Å². The molecule has 2 aliphatic heterocycles. The number of nitrogens with one attached hydrogen (secondary N) is 2. The molecule has 0 saturated carbocycles. The number of hydrogen-bond acceptors (Lipinski definition) is 5. The van der Waals surface area contributed by atoms with Gasteiger partial charge in [-0.2, -0.15) is 0 Å². The average molecular weight is 290 g/mol. The van der Waals surface area contributed by atoms with Gasteiger partial charge >= 0.3 is 12.0 Å². The quantitative estimate of drug-likeness (QED) is 0.800. The van der Waals surface area contributed by atoms with E-state index in [-0.39, 0.29) is 12.8 Å². The number of carbonyl (C=O) groups excluding carboxylic acids is 2. The second-order valence-electron chi connectivity index (χ2n) is 4.67. The summed E-state index contributed by atoms with van der Waals surface area (Å²) in [6, 6.07) is 4.30. The highest BCUT2D eigenvalue weighted by Crippen LogP contribution is 2.36. The first-order chi connectivity index (χ1) is 10.1. The Hall–Kier alpha value is -2.70. The molecule has 110 valence electrons. The summed E-state index contributed by atoms with van der Waals surface area (Å²) >= 11 is 0. The smallest absolute Gasteiger partial charge is 0.337 e. The molecule has 2 amide bonds. The van der Waals surface area contributed by atoms with Crippen LogP contribution < -0.4 is 20.1 Å². The molecule has 2 aliphatic rings. The third-order valence-electron chi connectivity index (χ3n) is 3.40. The Morgan fingerprint density at radius 2 is 2.10 bits per heavy atom. The number of esters is 1. The minimum absolute atomic E-state index is 0.163. The van der Waals surface area contributed by atoms with Gasteiger partial charge in [0.25, 0.3) is 0 Å². The fourth-order valence-electron chi connectivity index (χ4n) is 2.42. The topological polar surface area (TPSA) is 85.9 Å². The highest BCUT2D eigenvalue weighted by atomic mass is 16.7. The summed E-state index contributed by atoms with van der Waals surface area (Å²) in [5, 5.41) is 5.28. The van der Waals surface area contributed by atoms with Crippen molar-refractivity contribution in [3.05, 3.63) is 35.0 Å². The van der Waals surface area contributed by atoms with E-state index in [9.17, 15) is 9.59 Å². The molecule has 7 heteroatoms. The van der Waals surface area contributed by atoms with E-state index < -0.39 is 12.0 Å². The maximum Gasteiger partial charge on any atom is 0.337 e. The van der Waals surface area contributed by atoms with Gasteiger partial charge in [-0.25, -0.2) is 9.59 Å². The van der Waals surface area contributed by atoms with Crippen LogP contribution in [0, 0.1) is 0 Å². The Morgan fingerprint density at radius 3 is 2.86 bits per heavy atom. The Bertz CT molecular complexity index is 653. The molecule has 0 aromatic heterocycles. The van der Waals surface area contributed by atoms with Gasteiger partial charge in [0.15, 0.2) is 11.5 Å². The molecule has 21 heavy (non-hydrogen) atoms. The minimum atomic E-state index is -0.597. The maximum absolute atomic E-state index is 12.0. The fourth-order valence-corrected chi connectivity index (χ4v) is 2.42. The van der Waals surface area contributed by atoms with Gasteiger partial charge in [0.05, 0.1) is 18.7 Å². The molecule has 0 saturated heterocycles. The molecular weight excluding hydrogens is 276 g/mol. The van der Waals surface area contributed by atoms with E-state index in [0.717, 1.165) is 0 Å². The molecule has 2 N–H and O–H groups in total. The van der Waals surface area contributed by atoms with Crippen molar-refractivity contribution in [3.63, 3.8) is 0 Å². The fraction of sp³-hybridized carbons (Fsp3) is 0.286. The highest BCUT2D eigenvalue weighted by Gasteiger charge is 2.32. The van der Waals surface area contributed by atoms with Crippen LogP contribution in [-0.2, 0) is 9.53 Å². The number of fused-ring (bicyclic) bond motifs is 1. The Kier molecular flexibility index (Phi) is 3.17. The number of benzene rings is 1. The van der Waals surface area contributed by atoms with Crippen LogP contribution in [0.25, 0.3) is 0 Å². The number of methoxy groups -OCH3 is 1. The largest absolute Gasteiger partial charge is 0.466 e. The van der Waals surface area contributed by atoms with Gasteiger partial charge in [0.1, 0.15) is 0 Å². The van der Waals surface area contributed by atoms with Gasteiger partial charge in [-0.15, -0.1) is 0 Å². The van der Waals surface area contributed by atoms with Gasteiger partial charge in [0, 0.05) is 5.70 Å². The van der Waals surface area contributed by atoms with Crippen LogP contribution in [0.2, 0.25) is 0 Å². The first-order valence-corrected chi connectivity index (χ1v) is 6.36. The summed E-state index contributed by atoms with van der Waals surface area (Å²) < 4.78 is 15.4. The van der Waals surface area contributed by atoms with E-state index in [1.54, 1.807) is 25.1 Å². The van der Waals surface area contributed by atoms with Crippen LogP contribution >= 0.6 is 0 Å². The van der Waals surface area contributed by atoms with Gasteiger partial charge in [-0.1, -0.05) is 6.07 Å². The van der Waals surface area contributed by atoms with Gasteiger partial charge in [-0.3, -0.25) is 0 Å². The molecule has 1 atom stereocenters. The molecule has 1 aromatic rings. The molecule has 2 heterocycles. The zero-order chi connectivity index (χ0) is 15.0. The first kappa shape index (κ1) is 13.3. The predicted molar refractivity (Wildman–Crippen MR) is 71.7 cm³/mol. The maximum atomic E-state index is 12.0. The normalized spacial score (nSPS) is 19.9. The van der Waals surface area contributed by atoms with Crippen LogP contribution in [0.4, 0.5) is 4.79 Å². The third-order valence-corrected chi connectivity index (χ3v) is 3.40. The number of urea groups is 1. The lowest BCUT2D eigenvalue weighted by Gasteiger charge is -2.27. The highest BCUT2D eigenvalue weighted by molar-refractivity contribution is 5.94. The zero-order valence-corrected chi connectivity index (χ0v) is 11.6. The lowest BCUT2D eigenvalue weighted by molar-refractivity contribution is -0.136. The molecule has 0 fully saturated rings. The SMILES string of the molecule is COC(=O)C1=C(C)NC(=O)N[C@H]1c1ccc2c(c1)OCO2. The number of ether oxygens (including phenoxy) is 3. The van der Waals surface area contributed by atoms with Crippen molar-refractivity contribution < 1.29 is 23.8 Å². The van der Waals surface area contributed by atoms with E-state index >= 15 is 0 Å². The number of hydrogen-bond donors (Lipinski definition) is 2. The average Bonchev–Trinajstić information content (AvgIpc) is 2.93. The van der Waals surface area contributed by atoms with Crippen LogP contribution in [0.5, 0.6) is 11.5 Å². The number of rotatable bonds is 2. The van der Waals surface area contributed by atoms with E-state index in [2.05, 4.69) is 10.6 Å². The first-order valence-electron chi connectivity index (χ1n) is 6.36. The van der Waals surface area contributed by atoms with Crippen LogP contribution in [-0.4, -0.2) is 25.9 Å². The van der Waals surface area contributed by atoms with Gasteiger partial charge < -0.3 is 24.8 Å². The number of amides is 2. The standard InChI is InChI=1S/C14H14N2O5/c1-7-11(13(17)19-2)12(16-14(18)15-7)8-3-4-9-10(5-8)21-6-20-9/h3-5,12H,6H2,1-2H3,(H2,15,16,18)/t12-/m0/s1. The Labute approximate surface area is 120 Å². The van der Waals surface area contributed by atoms with Crippen LogP contribution in [0.1, 0.15) is 18.5 Å². The lowest BCUT2D eigenvalue weighted by atomic mass is 9.95. The summed E-state index contributed by atoms with van der Waals surface area (Å²) in [4.78, 5) is 23.7. The lowest BCUT2D eigenvalue weighted by Crippen LogP contribution is -2.45. The molecule has 7 nitrogen and oxygen atoms in total. The molecule has 0 spiro atoms. The number of allylic oxidation sites excluding steroid dienone is 1. The molecule has 0 aliphatic carbocycles. The van der Waals surface area contributed by atoms with E-state index in [4.69, 9.17) is 14.2 Å². The zero-order valence-electron chi connectivity index (χ0n) is 11.6. The molecular formula is C14H14N2O5. The van der Waals surface area contributed by atoms with Crippen molar-refractivity contribution in [1.29, 1.82) is 0 Å². The monoisotopic (exact) mass is 290 g/mol. The molecule has 0 radical (unpaired) electrons. The van der Waals surface area contributed by atoms with Crippen LogP contribution in [0.15, 0.2) is 29.5 Å². The van der Waals surface area contributed by atoms with Crippen LogP contribution in [0.3, 0.4) is 0 Å². The number of carbonyl (C=O) groups is 2. The molecule has 0 bridgehead atoms. The van der Waals surface area contributed by atoms with Gasteiger partial charge in [0.2, 0.25) is 6.79 Å². The molecule has 0 unspecified atom stereocenters. The van der Waals surface area contributed by atoms with Gasteiger partial charge in [-0.05, 0) is 24.6 Å². The summed E-state index contributed by atoms with van der Waals surface area (Å²) in [6.07, 6.45) is 0. The Morgan fingerprint density at radius 1 is 1.33 bits per heavy atom. The van der Waals surface area contributed by atoms with E-state index in [1.165, 1.54) is 7.11 Å². The van der Waals surface area contributed by atoms with E-state index in [0.29, 0.717) is 28.3 Å². The second-order valence-corrected chi connectivity index (χ2v) is 4.67. The van der Waals surface area contributed by atoms with E-state index in [1.807, 2.05) is 0 Å².